The van der Waals surface area contributed by atoms with Crippen molar-refractivity contribution in [3.63, 3.8) is 0 Å². The van der Waals surface area contributed by atoms with Crippen molar-refractivity contribution in [2.45, 2.75) is 89.4 Å². The fourth-order valence-electron chi connectivity index (χ4n) is 2.28. The van der Waals surface area contributed by atoms with Crippen LogP contribution in [0.4, 0.5) is 0 Å². The molecule has 2 unspecified atom stereocenters. The molecule has 1 N–H and O–H groups in total. The van der Waals surface area contributed by atoms with Crippen LogP contribution in [0, 0.1) is 0 Å². The molecule has 0 aliphatic heterocycles. The Balaban J connectivity index is 0. The van der Waals surface area contributed by atoms with Gasteiger partial charge in [-0.2, -0.15) is 0 Å². The van der Waals surface area contributed by atoms with E-state index in [9.17, 15) is 18.1 Å². The summed E-state index contributed by atoms with van der Waals surface area (Å²) in [5, 5.41) is 8.15. The first kappa shape index (κ1) is 23.1. The maximum atomic E-state index is 10.9. The summed E-state index contributed by atoms with van der Waals surface area (Å²) < 4.78 is 32.8. The van der Waals surface area contributed by atoms with Gasteiger partial charge in [-0.1, -0.05) is 64.7 Å². The first-order valence-electron chi connectivity index (χ1n) is 7.52. The summed E-state index contributed by atoms with van der Waals surface area (Å²) in [4.78, 5) is 0. The van der Waals surface area contributed by atoms with Gasteiger partial charge in [0.1, 0.15) is 10.1 Å². The van der Waals surface area contributed by atoms with Gasteiger partial charge in [-0.05, 0) is 13.3 Å². The van der Waals surface area contributed by atoms with Crippen LogP contribution in [0.15, 0.2) is 0 Å². The molecule has 2 atom stereocenters. The van der Waals surface area contributed by atoms with Crippen LogP contribution in [0.25, 0.3) is 0 Å². The van der Waals surface area contributed by atoms with Gasteiger partial charge in [-0.25, -0.2) is 8.42 Å². The van der Waals surface area contributed by atoms with Crippen LogP contribution >= 0.6 is 0 Å². The molecule has 6 heteroatoms. The number of hydrogen-bond acceptors (Lipinski definition) is 4. The summed E-state index contributed by atoms with van der Waals surface area (Å²) in [6, 6.07) is 0. The van der Waals surface area contributed by atoms with Crippen LogP contribution in [0.1, 0.15) is 78.1 Å². The second-order valence-corrected chi connectivity index (χ2v) is 6.98. The zero-order valence-corrected chi connectivity index (χ0v) is 16.1. The van der Waals surface area contributed by atoms with E-state index < -0.39 is 21.5 Å². The first-order chi connectivity index (χ1) is 8.89. The minimum atomic E-state index is -4.37. The normalized spacial score (nSPS) is 14.6. The summed E-state index contributed by atoms with van der Waals surface area (Å²) in [7, 11) is -4.37. The Morgan fingerprint density at radius 3 is 1.70 bits per heavy atom. The van der Waals surface area contributed by atoms with E-state index in [2.05, 4.69) is 6.92 Å². The van der Waals surface area contributed by atoms with Crippen LogP contribution < -0.4 is 29.6 Å². The van der Waals surface area contributed by atoms with E-state index in [-0.39, 0.29) is 36.0 Å². The van der Waals surface area contributed by atoms with Crippen LogP contribution in [0.5, 0.6) is 0 Å². The van der Waals surface area contributed by atoms with E-state index >= 15 is 0 Å². The topological polar surface area (TPSA) is 77.4 Å². The quantitative estimate of drug-likeness (QED) is 0.317. The zero-order valence-electron chi connectivity index (χ0n) is 13.3. The van der Waals surface area contributed by atoms with Crippen LogP contribution in [0.2, 0.25) is 0 Å². The molecule has 0 amide bonds. The molecule has 0 bridgehead atoms. The third-order valence-electron chi connectivity index (χ3n) is 3.50. The molecule has 0 aromatic heterocycles. The molecule has 20 heavy (non-hydrogen) atoms. The average Bonchev–Trinajstić information content (AvgIpc) is 2.29. The molecule has 0 aliphatic carbocycles. The zero-order chi connectivity index (χ0) is 14.7. The smallest absolute Gasteiger partial charge is 0.748 e. The predicted octanol–water partition coefficient (Wildman–Crippen LogP) is 0.206. The minimum Gasteiger partial charge on any atom is -0.748 e. The maximum Gasteiger partial charge on any atom is 1.00 e. The van der Waals surface area contributed by atoms with Crippen molar-refractivity contribution in [3.8, 4) is 0 Å². The SMILES string of the molecule is CCCCCCCCCCCC(C(C)O)S(=O)(=O)[O-].[Na+]. The standard InChI is InChI=1S/C14H30O4S.Na/c1-3-4-5-6-7-8-9-10-11-12-14(13(2)15)19(16,17)18;/h13-15H,3-12H2,1-2H3,(H,16,17,18);/q;+1/p-1. The Morgan fingerprint density at radius 2 is 1.35 bits per heavy atom. The summed E-state index contributed by atoms with van der Waals surface area (Å²) in [6.07, 6.45) is 9.47. The monoisotopic (exact) mass is 316 g/mol. The van der Waals surface area contributed by atoms with E-state index in [1.54, 1.807) is 0 Å². The Hall–Kier alpha value is 0.870. The van der Waals surface area contributed by atoms with Gasteiger partial charge in [0.15, 0.2) is 0 Å². The van der Waals surface area contributed by atoms with Crippen LogP contribution in [-0.4, -0.2) is 29.4 Å². The summed E-state index contributed by atoms with van der Waals surface area (Å²) in [6.45, 7) is 3.57. The van der Waals surface area contributed by atoms with Crippen molar-refractivity contribution in [2.24, 2.45) is 0 Å². The van der Waals surface area contributed by atoms with E-state index in [1.807, 2.05) is 0 Å². The van der Waals surface area contributed by atoms with E-state index in [0.717, 1.165) is 12.8 Å². The second kappa shape index (κ2) is 13.5. The molecule has 0 spiro atoms. The van der Waals surface area contributed by atoms with Gasteiger partial charge < -0.3 is 9.66 Å². The van der Waals surface area contributed by atoms with Gasteiger partial charge >= 0.3 is 29.6 Å². The molecule has 0 rings (SSSR count). The van der Waals surface area contributed by atoms with Gasteiger partial charge in [0.05, 0.1) is 11.4 Å². The van der Waals surface area contributed by atoms with Gasteiger partial charge in [0.25, 0.3) is 0 Å². The summed E-state index contributed by atoms with van der Waals surface area (Å²) >= 11 is 0. The third-order valence-corrected chi connectivity index (χ3v) is 4.87. The van der Waals surface area contributed by atoms with E-state index in [1.165, 1.54) is 45.4 Å². The summed E-state index contributed by atoms with van der Waals surface area (Å²) in [5.74, 6) is 0. The molecule has 0 radical (unpaired) electrons. The van der Waals surface area contributed by atoms with Gasteiger partial charge in [0, 0.05) is 0 Å². The van der Waals surface area contributed by atoms with Gasteiger partial charge in [-0.15, -0.1) is 0 Å². The number of hydrogen-bond donors (Lipinski definition) is 1. The van der Waals surface area contributed by atoms with Crippen molar-refractivity contribution < 1.29 is 47.6 Å². The molecular formula is C14H29NaO4S. The summed E-state index contributed by atoms with van der Waals surface area (Å²) in [5.41, 5.74) is 0. The maximum absolute atomic E-state index is 10.9. The number of aliphatic hydroxyl groups is 1. The fourth-order valence-corrected chi connectivity index (χ4v) is 3.22. The van der Waals surface area contributed by atoms with Crippen LogP contribution in [-0.2, 0) is 10.1 Å². The van der Waals surface area contributed by atoms with Crippen molar-refractivity contribution in [3.05, 3.63) is 0 Å². The average molecular weight is 316 g/mol. The Bertz CT molecular complexity index is 304. The number of rotatable bonds is 12. The fraction of sp³-hybridized carbons (Fsp3) is 1.00. The van der Waals surface area contributed by atoms with Crippen molar-refractivity contribution >= 4 is 10.1 Å². The Morgan fingerprint density at radius 1 is 0.950 bits per heavy atom. The van der Waals surface area contributed by atoms with Crippen molar-refractivity contribution in [1.29, 1.82) is 0 Å². The number of aliphatic hydroxyl groups excluding tert-OH is 1. The predicted molar refractivity (Wildman–Crippen MR) is 77.0 cm³/mol. The largest absolute Gasteiger partial charge is 1.00 e. The Kier molecular flexibility index (Phi) is 15.7. The van der Waals surface area contributed by atoms with E-state index in [4.69, 9.17) is 0 Å². The van der Waals surface area contributed by atoms with Gasteiger partial charge in [-0.3, -0.25) is 0 Å². The Labute approximate surface area is 146 Å². The minimum absolute atomic E-state index is 0. The molecule has 4 nitrogen and oxygen atoms in total. The van der Waals surface area contributed by atoms with Crippen LogP contribution in [0.3, 0.4) is 0 Å². The van der Waals surface area contributed by atoms with Crippen molar-refractivity contribution in [1.82, 2.24) is 0 Å². The van der Waals surface area contributed by atoms with E-state index in [0.29, 0.717) is 6.42 Å². The molecular weight excluding hydrogens is 287 g/mol. The number of unbranched alkanes of at least 4 members (excludes halogenated alkanes) is 8. The molecule has 0 heterocycles. The third kappa shape index (κ3) is 12.6. The second-order valence-electron chi connectivity index (χ2n) is 5.39. The molecule has 0 saturated carbocycles. The first-order valence-corrected chi connectivity index (χ1v) is 8.99. The molecule has 0 saturated heterocycles. The molecule has 0 aromatic rings. The molecule has 116 valence electrons. The van der Waals surface area contributed by atoms with Gasteiger partial charge in [0.2, 0.25) is 0 Å². The molecule has 0 fully saturated rings. The molecule has 0 aliphatic rings. The molecule has 0 aromatic carbocycles. The van der Waals surface area contributed by atoms with Crippen molar-refractivity contribution in [2.75, 3.05) is 0 Å².